The molecular weight excluding hydrogens is 461 g/mol. The van der Waals surface area contributed by atoms with Crippen LogP contribution in [0.2, 0.25) is 15.1 Å². The predicted molar refractivity (Wildman–Crippen MR) is 123 cm³/mol. The number of carbonyl (C=O) groups is 2. The maximum atomic E-state index is 11.9. The van der Waals surface area contributed by atoms with E-state index < -0.39 is 11.8 Å². The van der Waals surface area contributed by atoms with Gasteiger partial charge in [-0.15, -0.1) is 0 Å². The van der Waals surface area contributed by atoms with Gasteiger partial charge in [0, 0.05) is 5.02 Å². The Hall–Kier alpha value is -3.06. The van der Waals surface area contributed by atoms with Gasteiger partial charge in [-0.25, -0.2) is 5.43 Å². The van der Waals surface area contributed by atoms with Crippen LogP contribution in [0.4, 0.5) is 5.69 Å². The van der Waals surface area contributed by atoms with Gasteiger partial charge in [0.25, 0.3) is 0 Å². The van der Waals surface area contributed by atoms with E-state index >= 15 is 0 Å². The van der Waals surface area contributed by atoms with Gasteiger partial charge in [0.05, 0.1) is 21.9 Å². The van der Waals surface area contributed by atoms with Crippen molar-refractivity contribution in [3.8, 4) is 5.75 Å². The molecule has 0 unspecified atom stereocenters. The van der Waals surface area contributed by atoms with Crippen molar-refractivity contribution in [3.63, 3.8) is 0 Å². The summed E-state index contributed by atoms with van der Waals surface area (Å²) in [4.78, 5) is 23.8. The number of nitrogens with zero attached hydrogens (tertiary/aromatic N) is 1. The molecule has 0 aliphatic carbocycles. The SMILES string of the molecule is O=C(N/N=C\c1ccc(OCc2ccc(Cl)cc2)c(Cl)c1)C(=O)Nc1ccccc1Cl. The fourth-order valence-electron chi connectivity index (χ4n) is 2.41. The van der Waals surface area contributed by atoms with Gasteiger partial charge >= 0.3 is 11.8 Å². The number of benzene rings is 3. The van der Waals surface area contributed by atoms with Crippen molar-refractivity contribution in [3.05, 3.63) is 92.9 Å². The first-order valence-electron chi connectivity index (χ1n) is 8.98. The quantitative estimate of drug-likeness (QED) is 0.287. The van der Waals surface area contributed by atoms with Crippen LogP contribution in [0, 0.1) is 0 Å². The van der Waals surface area contributed by atoms with Crippen molar-refractivity contribution in [2.24, 2.45) is 5.10 Å². The summed E-state index contributed by atoms with van der Waals surface area (Å²) in [6.07, 6.45) is 1.36. The normalized spacial score (nSPS) is 10.7. The first-order valence-corrected chi connectivity index (χ1v) is 10.1. The topological polar surface area (TPSA) is 79.8 Å². The van der Waals surface area contributed by atoms with Crippen LogP contribution in [0.15, 0.2) is 71.8 Å². The highest BCUT2D eigenvalue weighted by atomic mass is 35.5. The summed E-state index contributed by atoms with van der Waals surface area (Å²) in [6, 6.07) is 18.9. The van der Waals surface area contributed by atoms with Crippen molar-refractivity contribution >= 4 is 58.5 Å². The molecule has 3 aromatic rings. The third-order valence-electron chi connectivity index (χ3n) is 3.97. The molecule has 0 bridgehead atoms. The largest absolute Gasteiger partial charge is 0.487 e. The van der Waals surface area contributed by atoms with Crippen LogP contribution in [0.5, 0.6) is 5.75 Å². The first kappa shape index (κ1) is 22.6. The number of amides is 2. The number of ether oxygens (including phenoxy) is 1. The summed E-state index contributed by atoms with van der Waals surface area (Å²) in [5.74, 6) is -1.34. The minimum absolute atomic E-state index is 0.320. The van der Waals surface area contributed by atoms with E-state index in [1.54, 1.807) is 54.6 Å². The second kappa shape index (κ2) is 10.8. The molecule has 0 saturated heterocycles. The molecule has 0 aliphatic heterocycles. The van der Waals surface area contributed by atoms with Crippen molar-refractivity contribution < 1.29 is 14.3 Å². The van der Waals surface area contributed by atoms with Gasteiger partial charge in [0.1, 0.15) is 12.4 Å². The maximum absolute atomic E-state index is 11.9. The van der Waals surface area contributed by atoms with Crippen LogP contribution in [-0.2, 0) is 16.2 Å². The van der Waals surface area contributed by atoms with E-state index in [4.69, 9.17) is 39.5 Å². The van der Waals surface area contributed by atoms with Crippen LogP contribution >= 0.6 is 34.8 Å². The highest BCUT2D eigenvalue weighted by Gasteiger charge is 2.14. The lowest BCUT2D eigenvalue weighted by molar-refractivity contribution is -0.136. The van der Waals surface area contributed by atoms with Crippen LogP contribution in [-0.4, -0.2) is 18.0 Å². The van der Waals surface area contributed by atoms with Crippen LogP contribution in [0.1, 0.15) is 11.1 Å². The second-order valence-corrected chi connectivity index (χ2v) is 7.49. The molecule has 2 N–H and O–H groups in total. The standard InChI is InChI=1S/C22H16Cl3N3O3/c23-16-8-5-14(6-9-16)13-31-20-10-7-15(11-18(20)25)12-26-28-22(30)21(29)27-19-4-2-1-3-17(19)24/h1-12H,13H2,(H,27,29)(H,28,30)/b26-12-. The number of nitrogens with one attached hydrogen (secondary N) is 2. The number of hydrogen-bond acceptors (Lipinski definition) is 4. The van der Waals surface area contributed by atoms with Gasteiger partial charge in [0.15, 0.2) is 0 Å². The van der Waals surface area contributed by atoms with Gasteiger partial charge in [-0.05, 0) is 53.6 Å². The third-order valence-corrected chi connectivity index (χ3v) is 4.85. The first-order chi connectivity index (χ1) is 14.9. The smallest absolute Gasteiger partial charge is 0.329 e. The van der Waals surface area contributed by atoms with Gasteiger partial charge in [-0.1, -0.05) is 59.1 Å². The van der Waals surface area contributed by atoms with Gasteiger partial charge < -0.3 is 10.1 Å². The van der Waals surface area contributed by atoms with Crippen molar-refractivity contribution in [2.75, 3.05) is 5.32 Å². The fourth-order valence-corrected chi connectivity index (χ4v) is 2.97. The van der Waals surface area contributed by atoms with Crippen molar-refractivity contribution in [1.29, 1.82) is 0 Å². The van der Waals surface area contributed by atoms with E-state index in [1.807, 2.05) is 12.1 Å². The number of para-hydroxylation sites is 1. The molecule has 0 aromatic heterocycles. The average Bonchev–Trinajstić information content (AvgIpc) is 2.76. The van der Waals surface area contributed by atoms with Gasteiger partial charge in [-0.3, -0.25) is 9.59 Å². The summed E-state index contributed by atoms with van der Waals surface area (Å²) < 4.78 is 5.71. The predicted octanol–water partition coefficient (Wildman–Crippen LogP) is 5.31. The maximum Gasteiger partial charge on any atom is 0.329 e. The highest BCUT2D eigenvalue weighted by Crippen LogP contribution is 2.26. The number of rotatable bonds is 6. The molecule has 3 aromatic carbocycles. The zero-order chi connectivity index (χ0) is 22.2. The Morgan fingerprint density at radius 3 is 2.35 bits per heavy atom. The lowest BCUT2D eigenvalue weighted by Crippen LogP contribution is -2.32. The number of carbonyl (C=O) groups excluding carboxylic acids is 2. The summed E-state index contributed by atoms with van der Waals surface area (Å²) in [6.45, 7) is 0.334. The monoisotopic (exact) mass is 475 g/mol. The molecule has 31 heavy (non-hydrogen) atoms. The lowest BCUT2D eigenvalue weighted by Gasteiger charge is -2.09. The third kappa shape index (κ3) is 6.72. The van der Waals surface area contributed by atoms with E-state index in [2.05, 4.69) is 15.8 Å². The molecule has 6 nitrogen and oxygen atoms in total. The van der Waals surface area contributed by atoms with E-state index in [-0.39, 0.29) is 0 Å². The fraction of sp³-hybridized carbons (Fsp3) is 0.0455. The van der Waals surface area contributed by atoms with E-state index in [0.717, 1.165) is 5.56 Å². The molecule has 0 radical (unpaired) electrons. The minimum Gasteiger partial charge on any atom is -0.487 e. The summed E-state index contributed by atoms with van der Waals surface area (Å²) in [5.41, 5.74) is 4.03. The molecule has 9 heteroatoms. The number of anilines is 1. The average molecular weight is 477 g/mol. The summed E-state index contributed by atoms with van der Waals surface area (Å²) in [7, 11) is 0. The summed E-state index contributed by atoms with van der Waals surface area (Å²) in [5, 5.41) is 7.52. The van der Waals surface area contributed by atoms with Crippen molar-refractivity contribution in [2.45, 2.75) is 6.61 Å². The molecule has 0 heterocycles. The van der Waals surface area contributed by atoms with Crippen LogP contribution in [0.25, 0.3) is 0 Å². The van der Waals surface area contributed by atoms with Crippen LogP contribution < -0.4 is 15.5 Å². The molecule has 0 fully saturated rings. The van der Waals surface area contributed by atoms with E-state index in [0.29, 0.717) is 38.7 Å². The van der Waals surface area contributed by atoms with E-state index in [9.17, 15) is 9.59 Å². The Kier molecular flexibility index (Phi) is 7.89. The Bertz CT molecular complexity index is 1120. The zero-order valence-electron chi connectivity index (χ0n) is 15.9. The van der Waals surface area contributed by atoms with Crippen molar-refractivity contribution in [1.82, 2.24) is 5.43 Å². The number of halogens is 3. The Morgan fingerprint density at radius 2 is 1.65 bits per heavy atom. The van der Waals surface area contributed by atoms with Gasteiger partial charge in [-0.2, -0.15) is 5.10 Å². The summed E-state index contributed by atoms with van der Waals surface area (Å²) >= 11 is 18.1. The molecule has 0 spiro atoms. The Balaban J connectivity index is 1.53. The molecule has 3 rings (SSSR count). The van der Waals surface area contributed by atoms with E-state index in [1.165, 1.54) is 6.21 Å². The molecule has 0 aliphatic rings. The lowest BCUT2D eigenvalue weighted by atomic mass is 10.2. The highest BCUT2D eigenvalue weighted by molar-refractivity contribution is 6.41. The zero-order valence-corrected chi connectivity index (χ0v) is 18.2. The minimum atomic E-state index is -0.940. The molecule has 0 atom stereocenters. The molecule has 158 valence electrons. The molecule has 0 saturated carbocycles. The van der Waals surface area contributed by atoms with Gasteiger partial charge in [0.2, 0.25) is 0 Å². The second-order valence-electron chi connectivity index (χ2n) is 6.24. The molecular formula is C22H16Cl3N3O3. The molecule has 2 amide bonds. The van der Waals surface area contributed by atoms with Crippen LogP contribution in [0.3, 0.4) is 0 Å². The number of hydrazone groups is 1. The Labute approximate surface area is 193 Å². The number of hydrogen-bond donors (Lipinski definition) is 2. The Morgan fingerprint density at radius 1 is 0.903 bits per heavy atom.